The number of rotatable bonds is 2. The summed E-state index contributed by atoms with van der Waals surface area (Å²) >= 11 is 1.71. The van der Waals surface area contributed by atoms with Crippen molar-refractivity contribution in [3.63, 3.8) is 0 Å². The lowest BCUT2D eigenvalue weighted by atomic mass is 9.97. The predicted octanol–water partition coefficient (Wildman–Crippen LogP) is 1.65. The van der Waals surface area contributed by atoms with Gasteiger partial charge in [0.15, 0.2) is 6.10 Å². The number of ether oxygens (including phenoxy) is 2. The van der Waals surface area contributed by atoms with Gasteiger partial charge in [0.1, 0.15) is 0 Å². The fourth-order valence-electron chi connectivity index (χ4n) is 2.87. The van der Waals surface area contributed by atoms with E-state index in [-0.39, 0.29) is 12.0 Å². The maximum atomic E-state index is 12.5. The summed E-state index contributed by atoms with van der Waals surface area (Å²) in [5.74, 6) is 0.579. The highest BCUT2D eigenvalue weighted by molar-refractivity contribution is 7.09. The molecule has 0 unspecified atom stereocenters. The van der Waals surface area contributed by atoms with Crippen LogP contribution in [0.3, 0.4) is 0 Å². The number of piperidine rings is 1. The zero-order valence-electron chi connectivity index (χ0n) is 11.7. The van der Waals surface area contributed by atoms with Crippen molar-refractivity contribution in [3.05, 3.63) is 16.6 Å². The number of aromatic nitrogens is 1. The molecule has 0 aliphatic carbocycles. The molecule has 0 spiro atoms. The summed E-state index contributed by atoms with van der Waals surface area (Å²) in [6.07, 6.45) is 3.25. The van der Waals surface area contributed by atoms with Crippen LogP contribution in [-0.2, 0) is 14.3 Å². The molecule has 2 fully saturated rings. The third-order valence-corrected chi connectivity index (χ3v) is 4.98. The predicted molar refractivity (Wildman–Crippen MR) is 75.8 cm³/mol. The highest BCUT2D eigenvalue weighted by Gasteiger charge is 2.35. The number of carbonyl (C=O) groups is 1. The van der Waals surface area contributed by atoms with Crippen molar-refractivity contribution in [3.8, 4) is 0 Å². The Kier molecular flexibility index (Phi) is 4.33. The van der Waals surface area contributed by atoms with Gasteiger partial charge in [0.05, 0.1) is 24.3 Å². The first kappa shape index (κ1) is 14.0. The molecule has 2 atom stereocenters. The van der Waals surface area contributed by atoms with Crippen LogP contribution in [0.1, 0.15) is 30.7 Å². The second-order valence-corrected chi connectivity index (χ2v) is 6.26. The summed E-state index contributed by atoms with van der Waals surface area (Å²) in [4.78, 5) is 18.8. The zero-order valence-corrected chi connectivity index (χ0v) is 12.5. The van der Waals surface area contributed by atoms with Gasteiger partial charge >= 0.3 is 0 Å². The first-order valence-corrected chi connectivity index (χ1v) is 8.05. The molecular formula is C14H20N2O3S. The van der Waals surface area contributed by atoms with Crippen LogP contribution >= 0.6 is 11.3 Å². The maximum absolute atomic E-state index is 12.5. The average Bonchev–Trinajstić information content (AvgIpc) is 3.01. The third kappa shape index (κ3) is 2.87. The van der Waals surface area contributed by atoms with E-state index in [1.807, 2.05) is 23.4 Å². The van der Waals surface area contributed by atoms with E-state index in [0.717, 1.165) is 25.9 Å². The van der Waals surface area contributed by atoms with Crippen molar-refractivity contribution in [2.24, 2.45) is 0 Å². The molecule has 20 heavy (non-hydrogen) atoms. The Morgan fingerprint density at radius 2 is 2.10 bits per heavy atom. The van der Waals surface area contributed by atoms with E-state index in [9.17, 15) is 4.79 Å². The Balaban J connectivity index is 1.56. The molecule has 1 amide bonds. The summed E-state index contributed by atoms with van der Waals surface area (Å²) in [5, 5.41) is 3.21. The van der Waals surface area contributed by atoms with Crippen molar-refractivity contribution in [1.29, 1.82) is 0 Å². The summed E-state index contributed by atoms with van der Waals surface area (Å²) < 4.78 is 11.1. The molecule has 1 aromatic rings. The number of hydrogen-bond donors (Lipinski definition) is 0. The molecule has 5 nitrogen and oxygen atoms in total. The monoisotopic (exact) mass is 296 g/mol. The molecule has 1 aromatic heterocycles. The van der Waals surface area contributed by atoms with E-state index in [4.69, 9.17) is 9.47 Å². The van der Waals surface area contributed by atoms with Gasteiger partial charge in [0.25, 0.3) is 5.91 Å². The molecule has 3 heterocycles. The summed E-state index contributed by atoms with van der Waals surface area (Å²) in [6, 6.07) is 0. The number of hydrogen-bond acceptors (Lipinski definition) is 5. The van der Waals surface area contributed by atoms with Gasteiger partial charge < -0.3 is 14.4 Å². The first-order valence-electron chi connectivity index (χ1n) is 7.17. The van der Waals surface area contributed by atoms with Crippen molar-refractivity contribution in [2.45, 2.75) is 37.9 Å². The summed E-state index contributed by atoms with van der Waals surface area (Å²) in [5.41, 5.74) is 0. The SMILES string of the molecule is C[C@@H]1OCCO[C@@H]1C(=O)N1CCC(c2nccs2)CC1. The smallest absolute Gasteiger partial charge is 0.254 e. The molecule has 3 rings (SSSR count). The fraction of sp³-hybridized carbons (Fsp3) is 0.714. The Morgan fingerprint density at radius 3 is 2.75 bits per heavy atom. The van der Waals surface area contributed by atoms with Gasteiger partial charge in [0.2, 0.25) is 0 Å². The Hall–Kier alpha value is -0.980. The van der Waals surface area contributed by atoms with Gasteiger partial charge in [-0.3, -0.25) is 4.79 Å². The van der Waals surface area contributed by atoms with Crippen LogP contribution in [0.25, 0.3) is 0 Å². The standard InChI is InChI=1S/C14H20N2O3S/c1-10-12(19-8-7-18-10)14(17)16-5-2-11(3-6-16)13-15-4-9-20-13/h4,9-12H,2-3,5-8H2,1H3/t10-,12-/m0/s1. The van der Waals surface area contributed by atoms with Crippen molar-refractivity contribution in [2.75, 3.05) is 26.3 Å². The minimum Gasteiger partial charge on any atom is -0.373 e. The lowest BCUT2D eigenvalue weighted by Crippen LogP contribution is -2.51. The van der Waals surface area contributed by atoms with E-state index in [1.54, 1.807) is 11.3 Å². The number of nitrogens with zero attached hydrogens (tertiary/aromatic N) is 2. The Bertz CT molecular complexity index is 443. The van der Waals surface area contributed by atoms with Gasteiger partial charge in [-0.25, -0.2) is 4.98 Å². The van der Waals surface area contributed by atoms with E-state index in [2.05, 4.69) is 4.98 Å². The molecule has 0 N–H and O–H groups in total. The van der Waals surface area contributed by atoms with Crippen molar-refractivity contribution in [1.82, 2.24) is 9.88 Å². The largest absolute Gasteiger partial charge is 0.373 e. The maximum Gasteiger partial charge on any atom is 0.254 e. The van der Waals surface area contributed by atoms with Gasteiger partial charge in [-0.05, 0) is 19.8 Å². The van der Waals surface area contributed by atoms with E-state index in [0.29, 0.717) is 19.1 Å². The molecule has 0 bridgehead atoms. The van der Waals surface area contributed by atoms with Crippen LogP contribution < -0.4 is 0 Å². The topological polar surface area (TPSA) is 51.7 Å². The second kappa shape index (κ2) is 6.20. The molecular weight excluding hydrogens is 276 g/mol. The van der Waals surface area contributed by atoms with Crippen molar-refractivity contribution >= 4 is 17.2 Å². The molecule has 2 saturated heterocycles. The van der Waals surface area contributed by atoms with Crippen LogP contribution in [0.4, 0.5) is 0 Å². The Labute approximate surface area is 122 Å². The molecule has 2 aliphatic rings. The average molecular weight is 296 g/mol. The van der Waals surface area contributed by atoms with Crippen LogP contribution in [0, 0.1) is 0 Å². The first-order chi connectivity index (χ1) is 9.75. The lowest BCUT2D eigenvalue weighted by Gasteiger charge is -2.36. The van der Waals surface area contributed by atoms with Crippen molar-refractivity contribution < 1.29 is 14.3 Å². The molecule has 0 aromatic carbocycles. The molecule has 110 valence electrons. The van der Waals surface area contributed by atoms with E-state index in [1.165, 1.54) is 5.01 Å². The minimum absolute atomic E-state index is 0.0785. The molecule has 6 heteroatoms. The van der Waals surface area contributed by atoms with Crippen LogP contribution in [0.15, 0.2) is 11.6 Å². The van der Waals surface area contributed by atoms with Gasteiger partial charge in [-0.2, -0.15) is 0 Å². The van der Waals surface area contributed by atoms with Crippen LogP contribution in [-0.4, -0.2) is 54.3 Å². The highest BCUT2D eigenvalue weighted by atomic mass is 32.1. The summed E-state index contributed by atoms with van der Waals surface area (Å²) in [7, 11) is 0. The second-order valence-electron chi connectivity index (χ2n) is 5.34. The van der Waals surface area contributed by atoms with E-state index >= 15 is 0 Å². The number of likely N-dealkylation sites (tertiary alicyclic amines) is 1. The third-order valence-electron chi connectivity index (χ3n) is 4.04. The molecule has 0 radical (unpaired) electrons. The number of thiazole rings is 1. The number of amides is 1. The lowest BCUT2D eigenvalue weighted by molar-refractivity contribution is -0.172. The van der Waals surface area contributed by atoms with Gasteiger partial charge in [-0.15, -0.1) is 11.3 Å². The minimum atomic E-state index is -0.430. The zero-order chi connectivity index (χ0) is 13.9. The van der Waals surface area contributed by atoms with Gasteiger partial charge in [0, 0.05) is 30.6 Å². The Morgan fingerprint density at radius 1 is 1.35 bits per heavy atom. The van der Waals surface area contributed by atoms with Crippen LogP contribution in [0.2, 0.25) is 0 Å². The molecule has 0 saturated carbocycles. The fourth-order valence-corrected chi connectivity index (χ4v) is 3.68. The highest BCUT2D eigenvalue weighted by Crippen LogP contribution is 2.29. The molecule has 2 aliphatic heterocycles. The summed E-state index contributed by atoms with van der Waals surface area (Å²) in [6.45, 7) is 4.57. The van der Waals surface area contributed by atoms with Crippen LogP contribution in [0.5, 0.6) is 0 Å². The van der Waals surface area contributed by atoms with Gasteiger partial charge in [-0.1, -0.05) is 0 Å². The normalized spacial score (nSPS) is 28.6. The van der Waals surface area contributed by atoms with E-state index < -0.39 is 6.10 Å². The number of carbonyl (C=O) groups excluding carboxylic acids is 1. The quantitative estimate of drug-likeness (QED) is 0.833.